The Labute approximate surface area is 153 Å². The van der Waals surface area contributed by atoms with Gasteiger partial charge in [-0.25, -0.2) is 8.42 Å². The molecule has 142 valence electrons. The smallest absolute Gasteiger partial charge is 0.243 e. The standard InChI is InChI=1S/C18H24N2O5S/c1-14(21)20-8-5-15-13-16(3-4-17(15)20)26(22,23)19-9-6-18(7-10-19)24-11-2-12-25-18/h3-4,13H,2,5-12H2,1H3. The van der Waals surface area contributed by atoms with E-state index in [9.17, 15) is 13.2 Å². The maximum absolute atomic E-state index is 13.0. The van der Waals surface area contributed by atoms with Gasteiger partial charge in [0.05, 0.1) is 18.1 Å². The Morgan fingerprint density at radius 3 is 2.46 bits per heavy atom. The lowest BCUT2D eigenvalue weighted by Crippen LogP contribution is -2.51. The van der Waals surface area contributed by atoms with Crippen molar-refractivity contribution in [3.8, 4) is 0 Å². The van der Waals surface area contributed by atoms with Crippen LogP contribution in [0.1, 0.15) is 31.7 Å². The van der Waals surface area contributed by atoms with E-state index < -0.39 is 15.8 Å². The minimum atomic E-state index is -3.56. The van der Waals surface area contributed by atoms with Crippen LogP contribution in [0.3, 0.4) is 0 Å². The molecule has 0 N–H and O–H groups in total. The van der Waals surface area contributed by atoms with Crippen LogP contribution in [0.25, 0.3) is 0 Å². The number of amides is 1. The fraction of sp³-hybridized carbons (Fsp3) is 0.611. The highest BCUT2D eigenvalue weighted by atomic mass is 32.2. The number of carbonyl (C=O) groups is 1. The van der Waals surface area contributed by atoms with E-state index in [2.05, 4.69) is 0 Å². The minimum Gasteiger partial charge on any atom is -0.350 e. The van der Waals surface area contributed by atoms with Crippen molar-refractivity contribution in [2.24, 2.45) is 0 Å². The summed E-state index contributed by atoms with van der Waals surface area (Å²) in [5.41, 5.74) is 1.73. The number of hydrogen-bond acceptors (Lipinski definition) is 5. The number of carbonyl (C=O) groups excluding carboxylic acids is 1. The van der Waals surface area contributed by atoms with Gasteiger partial charge in [0.25, 0.3) is 0 Å². The van der Waals surface area contributed by atoms with Crippen molar-refractivity contribution in [1.82, 2.24) is 4.31 Å². The van der Waals surface area contributed by atoms with E-state index in [1.165, 1.54) is 11.2 Å². The molecule has 2 saturated heterocycles. The average Bonchev–Trinajstić information content (AvgIpc) is 3.06. The molecule has 0 unspecified atom stereocenters. The molecule has 3 heterocycles. The van der Waals surface area contributed by atoms with Gasteiger partial charge < -0.3 is 14.4 Å². The highest BCUT2D eigenvalue weighted by Crippen LogP contribution is 2.35. The van der Waals surface area contributed by atoms with Crippen molar-refractivity contribution in [2.45, 2.75) is 43.3 Å². The van der Waals surface area contributed by atoms with Crippen molar-refractivity contribution < 1.29 is 22.7 Å². The molecule has 0 atom stereocenters. The van der Waals surface area contributed by atoms with E-state index in [0.717, 1.165) is 17.7 Å². The highest BCUT2D eigenvalue weighted by molar-refractivity contribution is 7.89. The number of ether oxygens (including phenoxy) is 2. The maximum Gasteiger partial charge on any atom is 0.243 e. The lowest BCUT2D eigenvalue weighted by molar-refractivity contribution is -0.280. The fourth-order valence-corrected chi connectivity index (χ4v) is 5.48. The predicted octanol–water partition coefficient (Wildman–Crippen LogP) is 1.51. The number of anilines is 1. The van der Waals surface area contributed by atoms with Gasteiger partial charge >= 0.3 is 0 Å². The molecular formula is C18H24N2O5S. The Morgan fingerprint density at radius 2 is 1.81 bits per heavy atom. The van der Waals surface area contributed by atoms with Crippen molar-refractivity contribution in [3.05, 3.63) is 23.8 Å². The number of sulfonamides is 1. The third-order valence-corrected chi connectivity index (χ3v) is 7.36. The SMILES string of the molecule is CC(=O)N1CCc2cc(S(=O)(=O)N3CCC4(CC3)OCCCO4)ccc21. The molecule has 3 aliphatic rings. The zero-order chi connectivity index (χ0) is 18.4. The van der Waals surface area contributed by atoms with Crippen LogP contribution in [0.2, 0.25) is 0 Å². The van der Waals surface area contributed by atoms with Gasteiger partial charge in [0.15, 0.2) is 5.79 Å². The summed E-state index contributed by atoms with van der Waals surface area (Å²) in [7, 11) is -3.56. The van der Waals surface area contributed by atoms with E-state index in [1.54, 1.807) is 23.1 Å². The first-order valence-corrected chi connectivity index (χ1v) is 10.5. The normalized spacial score (nSPS) is 23.2. The largest absolute Gasteiger partial charge is 0.350 e. The van der Waals surface area contributed by atoms with Gasteiger partial charge in [0.2, 0.25) is 15.9 Å². The maximum atomic E-state index is 13.0. The molecule has 0 radical (unpaired) electrons. The summed E-state index contributed by atoms with van der Waals surface area (Å²) in [4.78, 5) is 13.6. The topological polar surface area (TPSA) is 76.2 Å². The lowest BCUT2D eigenvalue weighted by Gasteiger charge is -2.42. The summed E-state index contributed by atoms with van der Waals surface area (Å²) in [6.45, 7) is 4.25. The van der Waals surface area contributed by atoms with E-state index >= 15 is 0 Å². The van der Waals surface area contributed by atoms with Gasteiger partial charge in [-0.1, -0.05) is 0 Å². The highest BCUT2D eigenvalue weighted by Gasteiger charge is 2.41. The first kappa shape index (κ1) is 17.9. The van der Waals surface area contributed by atoms with Crippen LogP contribution in [0.15, 0.2) is 23.1 Å². The fourth-order valence-electron chi connectivity index (χ4n) is 3.99. The first-order valence-electron chi connectivity index (χ1n) is 9.10. The van der Waals surface area contributed by atoms with Crippen LogP contribution >= 0.6 is 0 Å². The number of rotatable bonds is 2. The van der Waals surface area contributed by atoms with E-state index in [-0.39, 0.29) is 5.91 Å². The zero-order valence-corrected chi connectivity index (χ0v) is 15.8. The molecule has 2 fully saturated rings. The second-order valence-electron chi connectivity index (χ2n) is 7.08. The van der Waals surface area contributed by atoms with Gasteiger partial charge in [0.1, 0.15) is 0 Å². The van der Waals surface area contributed by atoms with Gasteiger partial charge in [-0.2, -0.15) is 4.31 Å². The van der Waals surface area contributed by atoms with E-state index in [4.69, 9.17) is 9.47 Å². The molecule has 4 rings (SSSR count). The van der Waals surface area contributed by atoms with Gasteiger partial charge in [-0.05, 0) is 36.6 Å². The number of nitrogens with zero attached hydrogens (tertiary/aromatic N) is 2. The van der Waals surface area contributed by atoms with Crippen LogP contribution in [0.5, 0.6) is 0 Å². The summed E-state index contributed by atoms with van der Waals surface area (Å²) in [5.74, 6) is -0.627. The van der Waals surface area contributed by atoms with Crippen LogP contribution in [-0.2, 0) is 30.7 Å². The molecule has 26 heavy (non-hydrogen) atoms. The summed E-state index contributed by atoms with van der Waals surface area (Å²) in [5, 5.41) is 0. The summed E-state index contributed by atoms with van der Waals surface area (Å²) < 4.78 is 39.2. The second-order valence-corrected chi connectivity index (χ2v) is 9.01. The molecule has 1 aromatic carbocycles. The molecule has 1 aromatic rings. The van der Waals surface area contributed by atoms with Gasteiger partial charge in [0, 0.05) is 45.1 Å². The number of fused-ring (bicyclic) bond motifs is 1. The number of piperidine rings is 1. The number of hydrogen-bond donors (Lipinski definition) is 0. The van der Waals surface area contributed by atoms with Crippen LogP contribution in [-0.4, -0.2) is 57.3 Å². The summed E-state index contributed by atoms with van der Waals surface area (Å²) in [6.07, 6.45) is 2.67. The summed E-state index contributed by atoms with van der Waals surface area (Å²) >= 11 is 0. The van der Waals surface area contributed by atoms with Crippen molar-refractivity contribution in [3.63, 3.8) is 0 Å². The van der Waals surface area contributed by atoms with Gasteiger partial charge in [-0.3, -0.25) is 4.79 Å². The van der Waals surface area contributed by atoms with E-state index in [1.807, 2.05) is 0 Å². The third kappa shape index (κ3) is 3.05. The Kier molecular flexibility index (Phi) is 4.54. The minimum absolute atomic E-state index is 0.0202. The zero-order valence-electron chi connectivity index (χ0n) is 14.9. The summed E-state index contributed by atoms with van der Waals surface area (Å²) in [6, 6.07) is 5.06. The van der Waals surface area contributed by atoms with Crippen molar-refractivity contribution >= 4 is 21.6 Å². The predicted molar refractivity (Wildman–Crippen MR) is 95.4 cm³/mol. The van der Waals surface area contributed by atoms with Crippen molar-refractivity contribution in [1.29, 1.82) is 0 Å². The molecule has 1 spiro atoms. The molecule has 7 nitrogen and oxygen atoms in total. The quantitative estimate of drug-likeness (QED) is 0.777. The Morgan fingerprint density at radius 1 is 1.12 bits per heavy atom. The molecule has 3 aliphatic heterocycles. The molecule has 0 bridgehead atoms. The first-order chi connectivity index (χ1) is 12.4. The molecule has 8 heteroatoms. The second kappa shape index (κ2) is 6.60. The number of benzene rings is 1. The third-order valence-electron chi connectivity index (χ3n) is 5.47. The Balaban J connectivity index is 1.52. The Bertz CT molecular complexity index is 807. The van der Waals surface area contributed by atoms with E-state index in [0.29, 0.717) is 57.0 Å². The van der Waals surface area contributed by atoms with Crippen LogP contribution in [0, 0.1) is 0 Å². The molecule has 0 aromatic heterocycles. The lowest BCUT2D eigenvalue weighted by atomic mass is 10.0. The molecule has 0 aliphatic carbocycles. The van der Waals surface area contributed by atoms with Crippen LogP contribution in [0.4, 0.5) is 5.69 Å². The molecular weight excluding hydrogens is 356 g/mol. The Hall–Kier alpha value is -1.48. The van der Waals surface area contributed by atoms with Crippen LogP contribution < -0.4 is 4.90 Å². The molecule has 1 amide bonds. The molecule has 0 saturated carbocycles. The average molecular weight is 380 g/mol. The monoisotopic (exact) mass is 380 g/mol. The van der Waals surface area contributed by atoms with Crippen molar-refractivity contribution in [2.75, 3.05) is 37.7 Å². The van der Waals surface area contributed by atoms with Gasteiger partial charge in [-0.15, -0.1) is 0 Å².